The Kier molecular flexibility index (Phi) is 6.30. The fourth-order valence-electron chi connectivity index (χ4n) is 2.73. The molecule has 0 amide bonds. The van der Waals surface area contributed by atoms with Crippen LogP contribution in [0.5, 0.6) is 28.7 Å². The molecule has 0 heterocycles. The molecular weight excluding hydrogens is 340 g/mol. The summed E-state index contributed by atoms with van der Waals surface area (Å²) < 4.78 is 26.4. The summed E-state index contributed by atoms with van der Waals surface area (Å²) >= 11 is 0. The van der Waals surface area contributed by atoms with Crippen molar-refractivity contribution in [2.75, 3.05) is 35.5 Å². The first-order valence-corrected chi connectivity index (χ1v) is 7.75. The Morgan fingerprint density at radius 2 is 1.35 bits per heavy atom. The van der Waals surface area contributed by atoms with Gasteiger partial charge >= 0.3 is 0 Å². The Hall–Kier alpha value is -2.93. The van der Waals surface area contributed by atoms with E-state index in [9.17, 15) is 9.90 Å². The Labute approximate surface area is 152 Å². The topological polar surface area (TPSA) is 83.5 Å². The molecule has 0 bridgehead atoms. The van der Waals surface area contributed by atoms with Crippen molar-refractivity contribution in [1.82, 2.24) is 0 Å². The maximum absolute atomic E-state index is 13.1. The molecule has 2 rings (SSSR count). The van der Waals surface area contributed by atoms with Gasteiger partial charge in [0.25, 0.3) is 0 Å². The minimum absolute atomic E-state index is 0.291. The van der Waals surface area contributed by atoms with Crippen LogP contribution in [-0.2, 0) is 6.61 Å². The van der Waals surface area contributed by atoms with E-state index in [1.807, 2.05) is 0 Å². The Morgan fingerprint density at radius 3 is 1.77 bits per heavy atom. The Balaban J connectivity index is 2.63. The Bertz CT molecular complexity index is 774. The average molecular weight is 362 g/mol. The molecule has 0 aromatic heterocycles. The van der Waals surface area contributed by atoms with Gasteiger partial charge in [0.05, 0.1) is 42.2 Å². The molecule has 0 aliphatic heterocycles. The van der Waals surface area contributed by atoms with Gasteiger partial charge in [-0.1, -0.05) is 0 Å². The second-order valence-electron chi connectivity index (χ2n) is 5.23. The van der Waals surface area contributed by atoms with Gasteiger partial charge in [-0.25, -0.2) is 0 Å². The molecule has 0 radical (unpaired) electrons. The SMILES string of the molecule is COc1cc(C(=O)c2ccc(OC)c(OC)c2CO)cc(OC)c1OC. The number of rotatable bonds is 8. The highest BCUT2D eigenvalue weighted by atomic mass is 16.5. The molecule has 2 aromatic rings. The first-order valence-electron chi connectivity index (χ1n) is 7.75. The van der Waals surface area contributed by atoms with Gasteiger partial charge < -0.3 is 28.8 Å². The number of aliphatic hydroxyl groups is 1. The van der Waals surface area contributed by atoms with E-state index in [1.54, 1.807) is 24.3 Å². The minimum Gasteiger partial charge on any atom is -0.493 e. The van der Waals surface area contributed by atoms with E-state index in [4.69, 9.17) is 23.7 Å². The van der Waals surface area contributed by atoms with E-state index < -0.39 is 0 Å². The molecule has 0 saturated carbocycles. The zero-order chi connectivity index (χ0) is 19.3. The predicted molar refractivity (Wildman–Crippen MR) is 95.0 cm³/mol. The van der Waals surface area contributed by atoms with Crippen LogP contribution in [0.25, 0.3) is 0 Å². The molecule has 0 unspecified atom stereocenters. The molecule has 2 aromatic carbocycles. The molecule has 0 spiro atoms. The van der Waals surface area contributed by atoms with E-state index >= 15 is 0 Å². The van der Waals surface area contributed by atoms with E-state index in [-0.39, 0.29) is 12.4 Å². The normalized spacial score (nSPS) is 10.2. The fraction of sp³-hybridized carbons (Fsp3) is 0.316. The zero-order valence-corrected chi connectivity index (χ0v) is 15.4. The number of aliphatic hydroxyl groups excluding tert-OH is 1. The number of carbonyl (C=O) groups excluding carboxylic acids is 1. The van der Waals surface area contributed by atoms with Crippen LogP contribution >= 0.6 is 0 Å². The Morgan fingerprint density at radius 1 is 0.808 bits per heavy atom. The summed E-state index contributed by atoms with van der Waals surface area (Å²) in [7, 11) is 7.37. The van der Waals surface area contributed by atoms with Crippen LogP contribution in [-0.4, -0.2) is 46.4 Å². The summed E-state index contributed by atoms with van der Waals surface area (Å²) in [5, 5.41) is 9.77. The van der Waals surface area contributed by atoms with Crippen molar-refractivity contribution in [3.8, 4) is 28.7 Å². The van der Waals surface area contributed by atoms with Crippen LogP contribution in [0.3, 0.4) is 0 Å². The van der Waals surface area contributed by atoms with Gasteiger partial charge in [0.15, 0.2) is 28.8 Å². The average Bonchev–Trinajstić information content (AvgIpc) is 2.70. The van der Waals surface area contributed by atoms with Crippen LogP contribution in [0.2, 0.25) is 0 Å². The highest BCUT2D eigenvalue weighted by Gasteiger charge is 2.23. The molecule has 0 atom stereocenters. The van der Waals surface area contributed by atoms with E-state index in [0.717, 1.165) is 0 Å². The number of hydrogen-bond acceptors (Lipinski definition) is 7. The van der Waals surface area contributed by atoms with Crippen molar-refractivity contribution in [3.05, 3.63) is 41.0 Å². The highest BCUT2D eigenvalue weighted by Crippen LogP contribution is 2.40. The molecule has 7 nitrogen and oxygen atoms in total. The number of ether oxygens (including phenoxy) is 5. The van der Waals surface area contributed by atoms with Crippen LogP contribution < -0.4 is 23.7 Å². The van der Waals surface area contributed by atoms with Crippen LogP contribution in [0, 0.1) is 0 Å². The standard InChI is InChI=1S/C19H22O7/c1-22-14-7-6-12(13(10-20)18(14)25-4)17(21)11-8-15(23-2)19(26-5)16(9-11)24-3/h6-9,20H,10H2,1-5H3. The molecule has 7 heteroatoms. The van der Waals surface area contributed by atoms with Crippen molar-refractivity contribution in [1.29, 1.82) is 0 Å². The van der Waals surface area contributed by atoms with Gasteiger partial charge in [-0.3, -0.25) is 4.79 Å². The molecule has 0 aliphatic carbocycles. The summed E-state index contributed by atoms with van der Waals surface area (Å²) in [6, 6.07) is 6.31. The predicted octanol–water partition coefficient (Wildman–Crippen LogP) is 2.45. The van der Waals surface area contributed by atoms with Gasteiger partial charge in [-0.05, 0) is 24.3 Å². The number of methoxy groups -OCH3 is 5. The maximum Gasteiger partial charge on any atom is 0.203 e. The molecule has 26 heavy (non-hydrogen) atoms. The maximum atomic E-state index is 13.1. The lowest BCUT2D eigenvalue weighted by Gasteiger charge is -2.16. The molecule has 0 saturated heterocycles. The summed E-state index contributed by atoms with van der Waals surface area (Å²) in [4.78, 5) is 13.1. The lowest BCUT2D eigenvalue weighted by atomic mass is 9.97. The second-order valence-corrected chi connectivity index (χ2v) is 5.23. The van der Waals surface area contributed by atoms with Gasteiger partial charge in [-0.15, -0.1) is 0 Å². The zero-order valence-electron chi connectivity index (χ0n) is 15.4. The number of benzene rings is 2. The van der Waals surface area contributed by atoms with Gasteiger partial charge in [0.2, 0.25) is 5.75 Å². The second kappa shape index (κ2) is 8.44. The van der Waals surface area contributed by atoms with Crippen molar-refractivity contribution < 1.29 is 33.6 Å². The van der Waals surface area contributed by atoms with Crippen molar-refractivity contribution >= 4 is 5.78 Å². The van der Waals surface area contributed by atoms with Gasteiger partial charge in [0.1, 0.15) is 0 Å². The fourth-order valence-corrected chi connectivity index (χ4v) is 2.73. The third kappa shape index (κ3) is 3.39. The van der Waals surface area contributed by atoms with Crippen LogP contribution in [0.15, 0.2) is 24.3 Å². The van der Waals surface area contributed by atoms with Crippen molar-refractivity contribution in [2.24, 2.45) is 0 Å². The van der Waals surface area contributed by atoms with Gasteiger partial charge in [0, 0.05) is 16.7 Å². The van der Waals surface area contributed by atoms with Crippen LogP contribution in [0.1, 0.15) is 21.5 Å². The molecule has 140 valence electrons. The first kappa shape index (κ1) is 19.4. The monoisotopic (exact) mass is 362 g/mol. The van der Waals surface area contributed by atoms with E-state index in [2.05, 4.69) is 0 Å². The number of carbonyl (C=O) groups is 1. The molecule has 1 N–H and O–H groups in total. The lowest BCUT2D eigenvalue weighted by molar-refractivity contribution is 0.103. The summed E-state index contributed by atoms with van der Waals surface area (Å²) in [6.07, 6.45) is 0. The summed E-state index contributed by atoms with van der Waals surface area (Å²) in [5.41, 5.74) is 0.950. The molecule has 0 aliphatic rings. The summed E-state index contributed by atoms with van der Waals surface area (Å²) in [5.74, 6) is 1.53. The van der Waals surface area contributed by atoms with Crippen LogP contribution in [0.4, 0.5) is 0 Å². The molecular formula is C19H22O7. The third-order valence-corrected chi connectivity index (χ3v) is 3.98. The smallest absolute Gasteiger partial charge is 0.203 e. The first-order chi connectivity index (χ1) is 12.6. The quantitative estimate of drug-likeness (QED) is 0.722. The number of ketones is 1. The molecule has 0 fully saturated rings. The summed E-state index contributed by atoms with van der Waals surface area (Å²) in [6.45, 7) is -0.383. The minimum atomic E-state index is -0.383. The van der Waals surface area contributed by atoms with Crippen molar-refractivity contribution in [3.63, 3.8) is 0 Å². The van der Waals surface area contributed by atoms with E-state index in [1.165, 1.54) is 35.5 Å². The highest BCUT2D eigenvalue weighted by molar-refractivity contribution is 6.11. The largest absolute Gasteiger partial charge is 0.493 e. The third-order valence-electron chi connectivity index (χ3n) is 3.98. The van der Waals surface area contributed by atoms with Crippen molar-refractivity contribution in [2.45, 2.75) is 6.61 Å². The van der Waals surface area contributed by atoms with Gasteiger partial charge in [-0.2, -0.15) is 0 Å². The van der Waals surface area contributed by atoms with E-state index in [0.29, 0.717) is 45.4 Å². The lowest BCUT2D eigenvalue weighted by Crippen LogP contribution is -2.09. The number of hydrogen-bond donors (Lipinski definition) is 1.